The number of nitrogens with one attached hydrogen (secondary N) is 2. The molecule has 4 amide bonds. The largest absolute Gasteiger partial charge is 0.357 e. The number of fused-ring (bicyclic) bond motifs is 1. The lowest BCUT2D eigenvalue weighted by Gasteiger charge is -2.27. The highest BCUT2D eigenvalue weighted by Crippen LogP contribution is 2.29. The maximum Gasteiger partial charge on any atom is 0.262 e. The van der Waals surface area contributed by atoms with E-state index in [-0.39, 0.29) is 30.0 Å². The lowest BCUT2D eigenvalue weighted by molar-refractivity contribution is -0.136. The van der Waals surface area contributed by atoms with Crippen LogP contribution in [0, 0.1) is 0 Å². The lowest BCUT2D eigenvalue weighted by atomic mass is 10.0. The third-order valence-electron chi connectivity index (χ3n) is 5.29. The number of hydrogen-bond acceptors (Lipinski definition) is 8. The van der Waals surface area contributed by atoms with E-state index in [9.17, 15) is 19.2 Å². The van der Waals surface area contributed by atoms with Crippen LogP contribution in [0.4, 0.5) is 5.13 Å². The first-order valence-electron chi connectivity index (χ1n) is 9.68. The van der Waals surface area contributed by atoms with Crippen LogP contribution in [0.1, 0.15) is 64.2 Å². The second-order valence-electron chi connectivity index (χ2n) is 7.27. The molecule has 0 spiro atoms. The third kappa shape index (κ3) is 3.59. The quantitative estimate of drug-likeness (QED) is 0.596. The van der Waals surface area contributed by atoms with Crippen LogP contribution in [0.5, 0.6) is 0 Å². The van der Waals surface area contributed by atoms with E-state index < -0.39 is 29.7 Å². The van der Waals surface area contributed by atoms with Gasteiger partial charge in [-0.15, -0.1) is 11.3 Å². The van der Waals surface area contributed by atoms with Gasteiger partial charge in [0, 0.05) is 24.4 Å². The van der Waals surface area contributed by atoms with Gasteiger partial charge in [-0.25, -0.2) is 4.98 Å². The molecule has 1 saturated heterocycles. The van der Waals surface area contributed by atoms with Gasteiger partial charge in [0.2, 0.25) is 11.8 Å². The Labute approximate surface area is 176 Å². The van der Waals surface area contributed by atoms with Crippen molar-refractivity contribution < 1.29 is 19.2 Å². The Morgan fingerprint density at radius 1 is 1.27 bits per heavy atom. The van der Waals surface area contributed by atoms with E-state index in [0.29, 0.717) is 6.54 Å². The molecule has 0 radical (unpaired) electrons. The molecule has 0 aliphatic carbocycles. The van der Waals surface area contributed by atoms with Crippen molar-refractivity contribution in [3.63, 3.8) is 0 Å². The summed E-state index contributed by atoms with van der Waals surface area (Å²) in [7, 11) is 0. The Kier molecular flexibility index (Phi) is 5.35. The van der Waals surface area contributed by atoms with Crippen molar-refractivity contribution in [3.8, 4) is 0 Å². The maximum atomic E-state index is 12.9. The van der Waals surface area contributed by atoms with Crippen molar-refractivity contribution in [2.75, 3.05) is 5.32 Å². The number of piperidine rings is 1. The summed E-state index contributed by atoms with van der Waals surface area (Å²) in [6.07, 6.45) is 1.03. The van der Waals surface area contributed by atoms with Crippen LogP contribution in [-0.4, -0.2) is 39.6 Å². The maximum absolute atomic E-state index is 12.9. The molecule has 156 valence electrons. The molecular weight excluding hydrogens is 406 g/mol. The molecule has 30 heavy (non-hydrogen) atoms. The summed E-state index contributed by atoms with van der Waals surface area (Å²) in [5.41, 5.74) is 8.15. The van der Waals surface area contributed by atoms with Crippen LogP contribution in [0.3, 0.4) is 0 Å². The van der Waals surface area contributed by atoms with Crippen LogP contribution >= 0.6 is 11.3 Å². The van der Waals surface area contributed by atoms with Gasteiger partial charge < -0.3 is 11.1 Å². The average Bonchev–Trinajstić information content (AvgIpc) is 3.30. The summed E-state index contributed by atoms with van der Waals surface area (Å²) in [4.78, 5) is 54.5. The molecule has 1 fully saturated rings. The summed E-state index contributed by atoms with van der Waals surface area (Å²) in [5, 5.41) is 8.03. The van der Waals surface area contributed by atoms with Crippen molar-refractivity contribution in [1.29, 1.82) is 0 Å². The lowest BCUT2D eigenvalue weighted by Crippen LogP contribution is -2.54. The van der Waals surface area contributed by atoms with E-state index in [1.165, 1.54) is 11.3 Å². The molecule has 4 N–H and O–H groups in total. The summed E-state index contributed by atoms with van der Waals surface area (Å²) in [5.74, 6) is -2.04. The van der Waals surface area contributed by atoms with E-state index in [2.05, 4.69) is 15.6 Å². The minimum absolute atomic E-state index is 0.0937. The fraction of sp³-hybridized carbons (Fsp3) is 0.350. The van der Waals surface area contributed by atoms with E-state index >= 15 is 0 Å². The van der Waals surface area contributed by atoms with Gasteiger partial charge in [0.05, 0.1) is 16.8 Å². The molecule has 9 nitrogen and oxygen atoms in total. The second kappa shape index (κ2) is 7.96. The van der Waals surface area contributed by atoms with Gasteiger partial charge >= 0.3 is 0 Å². The predicted molar refractivity (Wildman–Crippen MR) is 110 cm³/mol. The number of thiazole rings is 1. The van der Waals surface area contributed by atoms with Crippen molar-refractivity contribution in [3.05, 3.63) is 46.0 Å². The molecular formula is C20H21N5O4S. The van der Waals surface area contributed by atoms with Crippen molar-refractivity contribution in [2.24, 2.45) is 5.73 Å². The Balaban J connectivity index is 1.48. The number of nitrogens with two attached hydrogens (primary N) is 1. The summed E-state index contributed by atoms with van der Waals surface area (Å²) in [6.45, 7) is 2.42. The highest BCUT2D eigenvalue weighted by atomic mass is 32.1. The van der Waals surface area contributed by atoms with Gasteiger partial charge in [-0.05, 0) is 30.5 Å². The molecule has 2 atom stereocenters. The van der Waals surface area contributed by atoms with Crippen molar-refractivity contribution in [1.82, 2.24) is 15.2 Å². The summed E-state index contributed by atoms with van der Waals surface area (Å²) >= 11 is 1.45. The van der Waals surface area contributed by atoms with Crippen LogP contribution in [0.2, 0.25) is 0 Å². The number of hydrogen-bond donors (Lipinski definition) is 3. The second-order valence-corrected chi connectivity index (χ2v) is 8.13. The molecule has 2 aliphatic rings. The monoisotopic (exact) mass is 427 g/mol. The number of amides is 4. The van der Waals surface area contributed by atoms with Crippen molar-refractivity contribution in [2.45, 2.75) is 44.8 Å². The zero-order valence-electron chi connectivity index (χ0n) is 16.3. The molecule has 3 heterocycles. The first-order valence-corrected chi connectivity index (χ1v) is 10.6. The van der Waals surface area contributed by atoms with Crippen LogP contribution < -0.4 is 16.4 Å². The van der Waals surface area contributed by atoms with Crippen molar-refractivity contribution >= 4 is 40.1 Å². The number of anilines is 1. The number of benzene rings is 1. The first kappa shape index (κ1) is 20.2. The Morgan fingerprint density at radius 2 is 2.03 bits per heavy atom. The fourth-order valence-electron chi connectivity index (χ4n) is 3.55. The van der Waals surface area contributed by atoms with Gasteiger partial charge in [0.1, 0.15) is 6.04 Å². The minimum atomic E-state index is -0.965. The number of nitrogens with zero attached hydrogens (tertiary/aromatic N) is 2. The topological polar surface area (TPSA) is 134 Å². The smallest absolute Gasteiger partial charge is 0.262 e. The Bertz CT molecular complexity index is 1050. The average molecular weight is 427 g/mol. The fourth-order valence-corrected chi connectivity index (χ4v) is 4.33. The van der Waals surface area contributed by atoms with Gasteiger partial charge in [0.25, 0.3) is 11.8 Å². The predicted octanol–water partition coefficient (Wildman–Crippen LogP) is 1.57. The van der Waals surface area contributed by atoms with Crippen LogP contribution in [0.15, 0.2) is 23.6 Å². The SMILES string of the molecule is CC[C@@H](N)c1csc(NCc2ccc3c(c2)C(=O)N(C2CCC(=O)NC2=O)C3=O)n1. The number of imide groups is 2. The van der Waals surface area contributed by atoms with Crippen LogP contribution in [-0.2, 0) is 16.1 Å². The molecule has 1 unspecified atom stereocenters. The van der Waals surface area contributed by atoms with Gasteiger partial charge in [-0.2, -0.15) is 0 Å². The zero-order valence-corrected chi connectivity index (χ0v) is 17.1. The summed E-state index contributed by atoms with van der Waals surface area (Å²) in [6, 6.07) is 3.95. The number of aromatic nitrogens is 1. The Morgan fingerprint density at radius 3 is 2.77 bits per heavy atom. The third-order valence-corrected chi connectivity index (χ3v) is 6.11. The standard InChI is InChI=1S/C20H21N5O4S/c1-2-13(21)14-9-30-20(23-14)22-8-10-3-4-11-12(7-10)19(29)25(18(11)28)15-5-6-16(26)24-17(15)27/h3-4,7,9,13,15H,2,5-6,8,21H2,1H3,(H,22,23)(H,24,26,27)/t13-,15?/m1/s1. The molecule has 2 aromatic rings. The van der Waals surface area contributed by atoms with E-state index in [1.807, 2.05) is 12.3 Å². The highest BCUT2D eigenvalue weighted by molar-refractivity contribution is 7.13. The number of rotatable bonds is 6. The van der Waals surface area contributed by atoms with Gasteiger partial charge in [0.15, 0.2) is 5.13 Å². The van der Waals surface area contributed by atoms with E-state index in [4.69, 9.17) is 5.73 Å². The van der Waals surface area contributed by atoms with Crippen LogP contribution in [0.25, 0.3) is 0 Å². The van der Waals surface area contributed by atoms with Gasteiger partial charge in [-0.3, -0.25) is 29.4 Å². The Hall–Kier alpha value is -3.11. The summed E-state index contributed by atoms with van der Waals surface area (Å²) < 4.78 is 0. The number of carbonyl (C=O) groups is 4. The molecule has 1 aromatic heterocycles. The van der Waals surface area contributed by atoms with E-state index in [0.717, 1.165) is 27.7 Å². The van der Waals surface area contributed by atoms with Gasteiger partial charge in [-0.1, -0.05) is 13.0 Å². The molecule has 0 bridgehead atoms. The zero-order chi connectivity index (χ0) is 21.4. The first-order chi connectivity index (χ1) is 14.4. The molecule has 2 aliphatic heterocycles. The normalized spacial score (nSPS) is 19.7. The molecule has 0 saturated carbocycles. The molecule has 4 rings (SSSR count). The number of carbonyl (C=O) groups excluding carboxylic acids is 4. The molecule has 10 heteroatoms. The molecule has 1 aromatic carbocycles. The highest BCUT2D eigenvalue weighted by Gasteiger charge is 2.44. The van der Waals surface area contributed by atoms with E-state index in [1.54, 1.807) is 18.2 Å². The minimum Gasteiger partial charge on any atom is -0.357 e.